The summed E-state index contributed by atoms with van der Waals surface area (Å²) in [5.41, 5.74) is 8.12. The fraction of sp³-hybridized carbons (Fsp3) is 0.154. The molecule has 1 heterocycles. The number of rotatable bonds is 4. The molecule has 4 nitrogen and oxygen atoms in total. The molecule has 0 unspecified atom stereocenters. The Morgan fingerprint density at radius 2 is 1.76 bits per heavy atom. The van der Waals surface area contributed by atoms with Crippen molar-refractivity contribution in [1.82, 2.24) is 9.97 Å². The van der Waals surface area contributed by atoms with Crippen LogP contribution in [0, 0.1) is 0 Å². The summed E-state index contributed by atoms with van der Waals surface area (Å²) in [5, 5.41) is 0. The predicted octanol–water partition coefficient (Wildman–Crippen LogP) is 1.36. The van der Waals surface area contributed by atoms with Crippen LogP contribution in [0.2, 0.25) is 0 Å². The number of aromatic nitrogens is 2. The van der Waals surface area contributed by atoms with Gasteiger partial charge in [0.25, 0.3) is 0 Å². The minimum Gasteiger partial charge on any atom is -0.326 e. The highest BCUT2D eigenvalue weighted by Gasteiger charge is 2.09. The molecule has 0 fully saturated rings. The lowest BCUT2D eigenvalue weighted by atomic mass is 10.0. The zero-order valence-corrected chi connectivity index (χ0v) is 9.34. The Balaban J connectivity index is 2.19. The number of hydrogen-bond donors (Lipinski definition) is 1. The number of Topliss-reactive ketones (excluding diaryl/α,β-unsaturated/α-hetero) is 1. The molecule has 17 heavy (non-hydrogen) atoms. The van der Waals surface area contributed by atoms with E-state index in [2.05, 4.69) is 9.97 Å². The topological polar surface area (TPSA) is 68.9 Å². The first-order valence-electron chi connectivity index (χ1n) is 5.36. The van der Waals surface area contributed by atoms with Gasteiger partial charge in [-0.25, -0.2) is 9.97 Å². The number of hydrogen-bond acceptors (Lipinski definition) is 4. The molecule has 2 rings (SSSR count). The van der Waals surface area contributed by atoms with Gasteiger partial charge in [0.1, 0.15) is 6.33 Å². The summed E-state index contributed by atoms with van der Waals surface area (Å²) in [6, 6.07) is 7.68. The molecule has 0 aliphatic rings. The Morgan fingerprint density at radius 1 is 1.12 bits per heavy atom. The van der Waals surface area contributed by atoms with Crippen molar-refractivity contribution in [3.8, 4) is 0 Å². The first-order chi connectivity index (χ1) is 8.31. The van der Waals surface area contributed by atoms with Crippen molar-refractivity contribution in [2.24, 2.45) is 5.73 Å². The van der Waals surface area contributed by atoms with Crippen LogP contribution in [0.3, 0.4) is 0 Å². The second-order valence-corrected chi connectivity index (χ2v) is 3.70. The number of carbonyl (C=O) groups excluding carboxylic acids is 1. The Kier molecular flexibility index (Phi) is 3.57. The highest BCUT2D eigenvalue weighted by atomic mass is 16.1. The molecule has 0 radical (unpaired) electrons. The van der Waals surface area contributed by atoms with E-state index in [4.69, 9.17) is 5.73 Å². The smallest absolute Gasteiger partial charge is 0.170 e. The summed E-state index contributed by atoms with van der Waals surface area (Å²) < 4.78 is 0. The number of benzene rings is 1. The van der Waals surface area contributed by atoms with E-state index in [0.717, 1.165) is 11.1 Å². The molecule has 1 aromatic carbocycles. The van der Waals surface area contributed by atoms with E-state index in [1.54, 1.807) is 0 Å². The third-order valence-electron chi connectivity index (χ3n) is 2.57. The van der Waals surface area contributed by atoms with Crippen LogP contribution in [0.4, 0.5) is 0 Å². The van der Waals surface area contributed by atoms with Gasteiger partial charge in [-0.15, -0.1) is 0 Å². The van der Waals surface area contributed by atoms with E-state index < -0.39 is 0 Å². The molecule has 0 bridgehead atoms. The molecule has 2 aromatic rings. The van der Waals surface area contributed by atoms with Crippen molar-refractivity contribution in [1.29, 1.82) is 0 Å². The molecular formula is C13H13N3O. The van der Waals surface area contributed by atoms with Crippen LogP contribution in [0.5, 0.6) is 0 Å². The molecular weight excluding hydrogens is 214 g/mol. The maximum absolute atomic E-state index is 12.0. The average Bonchev–Trinajstić information content (AvgIpc) is 2.40. The average molecular weight is 227 g/mol. The molecule has 86 valence electrons. The highest BCUT2D eigenvalue weighted by Crippen LogP contribution is 2.11. The van der Waals surface area contributed by atoms with Crippen molar-refractivity contribution in [2.45, 2.75) is 13.0 Å². The maximum Gasteiger partial charge on any atom is 0.170 e. The van der Waals surface area contributed by atoms with Gasteiger partial charge in [-0.3, -0.25) is 4.79 Å². The standard InChI is InChI=1S/C13H13N3O/c14-6-11-4-2-1-3-10(11)5-13(17)12-7-15-9-16-8-12/h1-4,7-9H,5-6,14H2. The zero-order chi connectivity index (χ0) is 12.1. The van der Waals surface area contributed by atoms with E-state index >= 15 is 0 Å². The van der Waals surface area contributed by atoms with Crippen molar-refractivity contribution in [3.05, 3.63) is 59.7 Å². The van der Waals surface area contributed by atoms with Gasteiger partial charge in [-0.1, -0.05) is 24.3 Å². The summed E-state index contributed by atoms with van der Waals surface area (Å²) in [6.07, 6.45) is 4.80. The highest BCUT2D eigenvalue weighted by molar-refractivity contribution is 5.97. The normalized spacial score (nSPS) is 10.2. The van der Waals surface area contributed by atoms with Crippen LogP contribution in [0.25, 0.3) is 0 Å². The Bertz CT molecular complexity index is 511. The summed E-state index contributed by atoms with van der Waals surface area (Å²) in [4.78, 5) is 19.6. The van der Waals surface area contributed by atoms with Crippen LogP contribution in [0.1, 0.15) is 21.5 Å². The summed E-state index contributed by atoms with van der Waals surface area (Å²) in [7, 11) is 0. The fourth-order valence-corrected chi connectivity index (χ4v) is 1.65. The molecule has 1 aromatic heterocycles. The van der Waals surface area contributed by atoms with E-state index in [9.17, 15) is 4.79 Å². The lowest BCUT2D eigenvalue weighted by Gasteiger charge is -2.06. The van der Waals surface area contributed by atoms with Gasteiger partial charge >= 0.3 is 0 Å². The van der Waals surface area contributed by atoms with Crippen molar-refractivity contribution in [2.75, 3.05) is 0 Å². The molecule has 0 saturated carbocycles. The molecule has 0 aliphatic heterocycles. The van der Waals surface area contributed by atoms with Gasteiger partial charge in [-0.2, -0.15) is 0 Å². The van der Waals surface area contributed by atoms with Crippen molar-refractivity contribution in [3.63, 3.8) is 0 Å². The van der Waals surface area contributed by atoms with Crippen molar-refractivity contribution >= 4 is 5.78 Å². The number of ketones is 1. The van der Waals surface area contributed by atoms with Gasteiger partial charge in [0.15, 0.2) is 5.78 Å². The van der Waals surface area contributed by atoms with Crippen LogP contribution in [-0.2, 0) is 13.0 Å². The second-order valence-electron chi connectivity index (χ2n) is 3.70. The molecule has 0 amide bonds. The second kappa shape index (κ2) is 5.32. The predicted molar refractivity (Wildman–Crippen MR) is 64.4 cm³/mol. The molecule has 4 heteroatoms. The molecule has 2 N–H and O–H groups in total. The first-order valence-corrected chi connectivity index (χ1v) is 5.36. The monoisotopic (exact) mass is 227 g/mol. The minimum absolute atomic E-state index is 0.00602. The number of carbonyl (C=O) groups is 1. The summed E-state index contributed by atoms with van der Waals surface area (Å²) in [6.45, 7) is 0.439. The number of nitrogens with zero attached hydrogens (tertiary/aromatic N) is 2. The van der Waals surface area contributed by atoms with Gasteiger partial charge < -0.3 is 5.73 Å². The zero-order valence-electron chi connectivity index (χ0n) is 9.34. The third kappa shape index (κ3) is 2.73. The SMILES string of the molecule is NCc1ccccc1CC(=O)c1cncnc1. The van der Waals surface area contributed by atoms with Gasteiger partial charge in [0.05, 0.1) is 5.56 Å². The Labute approximate surface area is 99.5 Å². The Morgan fingerprint density at radius 3 is 2.41 bits per heavy atom. The number of nitrogens with two attached hydrogens (primary N) is 1. The lowest BCUT2D eigenvalue weighted by molar-refractivity contribution is 0.0992. The first kappa shape index (κ1) is 11.4. The van der Waals surface area contributed by atoms with E-state index in [1.165, 1.54) is 18.7 Å². The molecule has 0 aliphatic carbocycles. The quantitative estimate of drug-likeness (QED) is 0.801. The van der Waals surface area contributed by atoms with Crippen molar-refractivity contribution < 1.29 is 4.79 Å². The summed E-state index contributed by atoms with van der Waals surface area (Å²) in [5.74, 6) is 0.00602. The lowest BCUT2D eigenvalue weighted by Crippen LogP contribution is -2.08. The maximum atomic E-state index is 12.0. The van der Waals surface area contributed by atoms with Gasteiger partial charge in [0.2, 0.25) is 0 Å². The van der Waals surface area contributed by atoms with Crippen LogP contribution in [-0.4, -0.2) is 15.8 Å². The summed E-state index contributed by atoms with van der Waals surface area (Å²) >= 11 is 0. The third-order valence-corrected chi connectivity index (χ3v) is 2.57. The van der Waals surface area contributed by atoms with E-state index in [1.807, 2.05) is 24.3 Å². The Hall–Kier alpha value is -2.07. The van der Waals surface area contributed by atoms with E-state index in [-0.39, 0.29) is 5.78 Å². The van der Waals surface area contributed by atoms with E-state index in [0.29, 0.717) is 18.5 Å². The fourth-order valence-electron chi connectivity index (χ4n) is 1.65. The molecule has 0 saturated heterocycles. The molecule has 0 spiro atoms. The molecule has 0 atom stereocenters. The van der Waals surface area contributed by atoms with Crippen LogP contribution < -0.4 is 5.73 Å². The largest absolute Gasteiger partial charge is 0.326 e. The van der Waals surface area contributed by atoms with Gasteiger partial charge in [-0.05, 0) is 11.1 Å². The minimum atomic E-state index is 0.00602. The van der Waals surface area contributed by atoms with Crippen LogP contribution in [0.15, 0.2) is 43.0 Å². The van der Waals surface area contributed by atoms with Gasteiger partial charge in [0, 0.05) is 25.4 Å². The van der Waals surface area contributed by atoms with Crippen LogP contribution >= 0.6 is 0 Å².